The quantitative estimate of drug-likeness (QED) is 0.551. The van der Waals surface area contributed by atoms with Crippen LogP contribution in [0.4, 0.5) is 4.39 Å². The molecule has 1 heterocycles. The van der Waals surface area contributed by atoms with Crippen molar-refractivity contribution in [2.75, 3.05) is 13.2 Å². The molecule has 0 aromatic carbocycles. The Morgan fingerprint density at radius 1 is 1.50 bits per heavy atom. The molecule has 1 unspecified atom stereocenters. The van der Waals surface area contributed by atoms with Crippen molar-refractivity contribution < 1.29 is 9.13 Å². The Hall–Kier alpha value is -0.110. The largest absolute Gasteiger partial charge is 0.378 e. The minimum absolute atomic E-state index is 0.0906. The Kier molecular flexibility index (Phi) is 2.29. The Bertz CT molecular complexity index is 106. The standard InChI is InChI=1S/C8H15FO/c1-7(2)8(9)4-3-5-10-6-8/h7H,3-6H2,1-2H3. The predicted octanol–water partition coefficient (Wildman–Crippen LogP) is 2.16. The second-order valence-electron chi connectivity index (χ2n) is 3.35. The lowest BCUT2D eigenvalue weighted by atomic mass is 9.87. The van der Waals surface area contributed by atoms with Gasteiger partial charge in [-0.15, -0.1) is 0 Å². The van der Waals surface area contributed by atoms with E-state index in [0.29, 0.717) is 13.0 Å². The maximum atomic E-state index is 13.6. The molecule has 60 valence electrons. The topological polar surface area (TPSA) is 9.23 Å². The van der Waals surface area contributed by atoms with Crippen molar-refractivity contribution >= 4 is 0 Å². The van der Waals surface area contributed by atoms with E-state index >= 15 is 0 Å². The molecule has 1 aliphatic rings. The highest BCUT2D eigenvalue weighted by Crippen LogP contribution is 2.30. The SMILES string of the molecule is CC(C)C1(F)CCCOC1. The molecule has 0 aromatic heterocycles. The summed E-state index contributed by atoms with van der Waals surface area (Å²) in [6.45, 7) is 4.85. The summed E-state index contributed by atoms with van der Waals surface area (Å²) in [4.78, 5) is 0. The first-order valence-electron chi connectivity index (χ1n) is 3.92. The van der Waals surface area contributed by atoms with Crippen LogP contribution in [-0.2, 0) is 4.74 Å². The van der Waals surface area contributed by atoms with Gasteiger partial charge in [-0.3, -0.25) is 0 Å². The molecule has 0 saturated carbocycles. The van der Waals surface area contributed by atoms with Gasteiger partial charge in [-0.1, -0.05) is 13.8 Å². The first kappa shape index (κ1) is 7.99. The number of alkyl halides is 1. The normalized spacial score (nSPS) is 34.8. The van der Waals surface area contributed by atoms with Gasteiger partial charge in [0.25, 0.3) is 0 Å². The van der Waals surface area contributed by atoms with Crippen LogP contribution < -0.4 is 0 Å². The maximum Gasteiger partial charge on any atom is 0.136 e. The summed E-state index contributed by atoms with van der Waals surface area (Å²) in [5, 5.41) is 0. The zero-order valence-corrected chi connectivity index (χ0v) is 6.69. The van der Waals surface area contributed by atoms with Crippen LogP contribution in [-0.4, -0.2) is 18.9 Å². The van der Waals surface area contributed by atoms with E-state index in [1.807, 2.05) is 13.8 Å². The fraction of sp³-hybridized carbons (Fsp3) is 1.00. The summed E-state index contributed by atoms with van der Waals surface area (Å²) in [7, 11) is 0. The van der Waals surface area contributed by atoms with Crippen LogP contribution in [0.5, 0.6) is 0 Å². The van der Waals surface area contributed by atoms with Gasteiger partial charge in [-0.2, -0.15) is 0 Å². The first-order valence-corrected chi connectivity index (χ1v) is 3.92. The van der Waals surface area contributed by atoms with E-state index in [-0.39, 0.29) is 5.92 Å². The summed E-state index contributed by atoms with van der Waals surface area (Å²) in [6, 6.07) is 0. The molecular formula is C8H15FO. The molecule has 2 heteroatoms. The zero-order valence-electron chi connectivity index (χ0n) is 6.69. The molecule has 1 rings (SSSR count). The average Bonchev–Trinajstić information content (AvgIpc) is 1.89. The monoisotopic (exact) mass is 146 g/mol. The smallest absolute Gasteiger partial charge is 0.136 e. The summed E-state index contributed by atoms with van der Waals surface area (Å²) in [5.74, 6) is 0.0906. The molecule has 0 aromatic rings. The Balaban J connectivity index is 2.48. The van der Waals surface area contributed by atoms with Crippen LogP contribution in [0.25, 0.3) is 0 Å². The van der Waals surface area contributed by atoms with Gasteiger partial charge in [0.15, 0.2) is 0 Å². The number of hydrogen-bond acceptors (Lipinski definition) is 1. The molecule has 1 atom stereocenters. The van der Waals surface area contributed by atoms with Gasteiger partial charge in [0.1, 0.15) is 5.67 Å². The van der Waals surface area contributed by atoms with Gasteiger partial charge in [0.2, 0.25) is 0 Å². The van der Waals surface area contributed by atoms with Crippen molar-refractivity contribution in [2.24, 2.45) is 5.92 Å². The Morgan fingerprint density at radius 3 is 2.50 bits per heavy atom. The van der Waals surface area contributed by atoms with Gasteiger partial charge < -0.3 is 4.74 Å². The van der Waals surface area contributed by atoms with E-state index in [1.165, 1.54) is 0 Å². The fourth-order valence-corrected chi connectivity index (χ4v) is 1.24. The lowest BCUT2D eigenvalue weighted by molar-refractivity contribution is -0.0570. The van der Waals surface area contributed by atoms with Crippen molar-refractivity contribution in [3.63, 3.8) is 0 Å². The van der Waals surface area contributed by atoms with Crippen LogP contribution in [0, 0.1) is 5.92 Å². The second-order valence-corrected chi connectivity index (χ2v) is 3.35. The van der Waals surface area contributed by atoms with Crippen molar-refractivity contribution in [1.29, 1.82) is 0 Å². The number of halogens is 1. The van der Waals surface area contributed by atoms with E-state index in [2.05, 4.69) is 0 Å². The van der Waals surface area contributed by atoms with Gasteiger partial charge in [-0.05, 0) is 18.8 Å². The molecular weight excluding hydrogens is 131 g/mol. The zero-order chi connectivity index (χ0) is 7.61. The molecule has 1 nitrogen and oxygen atoms in total. The Labute approximate surface area is 61.6 Å². The van der Waals surface area contributed by atoms with E-state index < -0.39 is 5.67 Å². The minimum atomic E-state index is -1.04. The van der Waals surface area contributed by atoms with Gasteiger partial charge in [-0.25, -0.2) is 4.39 Å². The van der Waals surface area contributed by atoms with Gasteiger partial charge in [0, 0.05) is 6.61 Å². The van der Waals surface area contributed by atoms with Crippen molar-refractivity contribution in [3.8, 4) is 0 Å². The van der Waals surface area contributed by atoms with E-state index in [9.17, 15) is 4.39 Å². The summed E-state index contributed by atoms with van der Waals surface area (Å²) < 4.78 is 18.6. The second kappa shape index (κ2) is 2.87. The lowest BCUT2D eigenvalue weighted by Gasteiger charge is -2.32. The fourth-order valence-electron chi connectivity index (χ4n) is 1.24. The number of ether oxygens (including phenoxy) is 1. The Morgan fingerprint density at radius 2 is 2.20 bits per heavy atom. The highest BCUT2D eigenvalue weighted by atomic mass is 19.1. The molecule has 1 saturated heterocycles. The lowest BCUT2D eigenvalue weighted by Crippen LogP contribution is -2.38. The van der Waals surface area contributed by atoms with Crippen LogP contribution in [0.1, 0.15) is 26.7 Å². The summed E-state index contributed by atoms with van der Waals surface area (Å²) >= 11 is 0. The molecule has 0 bridgehead atoms. The molecule has 0 amide bonds. The van der Waals surface area contributed by atoms with Gasteiger partial charge in [0.05, 0.1) is 6.61 Å². The van der Waals surface area contributed by atoms with E-state index in [0.717, 1.165) is 13.0 Å². The molecule has 1 fully saturated rings. The molecule has 1 aliphatic heterocycles. The predicted molar refractivity (Wildman–Crippen MR) is 38.7 cm³/mol. The highest BCUT2D eigenvalue weighted by molar-refractivity contribution is 4.84. The van der Waals surface area contributed by atoms with Gasteiger partial charge >= 0.3 is 0 Å². The number of hydrogen-bond donors (Lipinski definition) is 0. The van der Waals surface area contributed by atoms with Crippen LogP contribution in [0.3, 0.4) is 0 Å². The van der Waals surface area contributed by atoms with E-state index in [4.69, 9.17) is 4.74 Å². The average molecular weight is 146 g/mol. The van der Waals surface area contributed by atoms with Crippen molar-refractivity contribution in [2.45, 2.75) is 32.4 Å². The van der Waals surface area contributed by atoms with Crippen molar-refractivity contribution in [3.05, 3.63) is 0 Å². The van der Waals surface area contributed by atoms with Crippen molar-refractivity contribution in [1.82, 2.24) is 0 Å². The molecule has 10 heavy (non-hydrogen) atoms. The van der Waals surface area contributed by atoms with Crippen LogP contribution >= 0.6 is 0 Å². The first-order chi connectivity index (χ1) is 4.65. The molecule has 0 aliphatic carbocycles. The van der Waals surface area contributed by atoms with Crippen LogP contribution in [0.15, 0.2) is 0 Å². The summed E-state index contributed by atoms with van der Waals surface area (Å²) in [5.41, 5.74) is -1.04. The third kappa shape index (κ3) is 1.48. The van der Waals surface area contributed by atoms with Crippen LogP contribution in [0.2, 0.25) is 0 Å². The number of rotatable bonds is 1. The summed E-state index contributed by atoms with van der Waals surface area (Å²) in [6.07, 6.45) is 1.54. The molecule has 0 spiro atoms. The third-order valence-electron chi connectivity index (χ3n) is 2.26. The molecule has 0 radical (unpaired) electrons. The molecule has 0 N–H and O–H groups in total. The third-order valence-corrected chi connectivity index (χ3v) is 2.26. The minimum Gasteiger partial charge on any atom is -0.378 e. The maximum absolute atomic E-state index is 13.6. The highest BCUT2D eigenvalue weighted by Gasteiger charge is 2.35. The van der Waals surface area contributed by atoms with E-state index in [1.54, 1.807) is 0 Å².